The van der Waals surface area contributed by atoms with Crippen molar-refractivity contribution in [2.24, 2.45) is 5.73 Å². The summed E-state index contributed by atoms with van der Waals surface area (Å²) < 4.78 is 1.52. The second-order valence-electron chi connectivity index (χ2n) is 7.23. The Kier molecular flexibility index (Phi) is 4.81. The number of primary amides is 1. The minimum absolute atomic E-state index is 0.0185. The van der Waals surface area contributed by atoms with E-state index in [0.29, 0.717) is 22.8 Å². The molecular weight excluding hydrogens is 344 g/mol. The number of nitrogens with two attached hydrogens (primary N) is 1. The van der Waals surface area contributed by atoms with Crippen LogP contribution in [0.2, 0.25) is 0 Å². The Hall–Kier alpha value is -3.42. The van der Waals surface area contributed by atoms with E-state index in [0.717, 1.165) is 5.56 Å². The van der Waals surface area contributed by atoms with Gasteiger partial charge in [-0.05, 0) is 23.1 Å². The highest BCUT2D eigenvalue weighted by molar-refractivity contribution is 6.04. The summed E-state index contributed by atoms with van der Waals surface area (Å²) in [7, 11) is 0. The summed E-state index contributed by atoms with van der Waals surface area (Å²) in [6, 6.07) is 10.8. The largest absolute Gasteiger partial charge is 0.368 e. The van der Waals surface area contributed by atoms with Crippen LogP contribution < -0.4 is 16.4 Å². The summed E-state index contributed by atoms with van der Waals surface area (Å²) in [4.78, 5) is 28.0. The van der Waals surface area contributed by atoms with Crippen molar-refractivity contribution in [3.63, 3.8) is 0 Å². The Balaban J connectivity index is 1.83. The van der Waals surface area contributed by atoms with Gasteiger partial charge in [-0.15, -0.1) is 0 Å². The third-order valence-electron chi connectivity index (χ3n) is 4.06. The van der Waals surface area contributed by atoms with E-state index in [9.17, 15) is 9.59 Å². The zero-order valence-electron chi connectivity index (χ0n) is 15.5. The first kappa shape index (κ1) is 18.4. The van der Waals surface area contributed by atoms with Crippen molar-refractivity contribution in [3.05, 3.63) is 53.7 Å². The summed E-state index contributed by atoms with van der Waals surface area (Å²) in [6.45, 7) is 6.30. The number of amides is 2. The van der Waals surface area contributed by atoms with Crippen LogP contribution in [0, 0.1) is 0 Å². The zero-order valence-corrected chi connectivity index (χ0v) is 15.5. The molecule has 2 heterocycles. The van der Waals surface area contributed by atoms with Crippen LogP contribution in [0.1, 0.15) is 36.7 Å². The van der Waals surface area contributed by atoms with E-state index in [1.54, 1.807) is 30.5 Å². The number of hydrogen-bond donors (Lipinski definition) is 3. The van der Waals surface area contributed by atoms with Crippen LogP contribution in [0.4, 0.5) is 11.6 Å². The van der Waals surface area contributed by atoms with Crippen molar-refractivity contribution in [3.8, 4) is 0 Å². The highest BCUT2D eigenvalue weighted by Crippen LogP contribution is 2.22. The summed E-state index contributed by atoms with van der Waals surface area (Å²) >= 11 is 0. The fourth-order valence-corrected chi connectivity index (χ4v) is 2.59. The molecule has 0 radical (unpaired) electrons. The van der Waals surface area contributed by atoms with E-state index in [1.807, 2.05) is 12.1 Å². The van der Waals surface area contributed by atoms with Gasteiger partial charge in [-0.2, -0.15) is 9.61 Å². The van der Waals surface area contributed by atoms with Gasteiger partial charge in [-0.3, -0.25) is 9.59 Å². The van der Waals surface area contributed by atoms with Gasteiger partial charge in [0.05, 0.1) is 12.7 Å². The molecule has 140 valence electrons. The van der Waals surface area contributed by atoms with Crippen LogP contribution >= 0.6 is 0 Å². The summed E-state index contributed by atoms with van der Waals surface area (Å²) in [5, 5.41) is 9.80. The molecule has 4 N–H and O–H groups in total. The first-order valence-electron chi connectivity index (χ1n) is 8.53. The summed E-state index contributed by atoms with van der Waals surface area (Å²) in [5.41, 5.74) is 7.41. The molecule has 0 aliphatic heterocycles. The average Bonchev–Trinajstić information content (AvgIpc) is 3.07. The molecule has 8 heteroatoms. The number of nitrogens with one attached hydrogen (secondary N) is 2. The molecule has 0 unspecified atom stereocenters. The van der Waals surface area contributed by atoms with Crippen molar-refractivity contribution >= 4 is 29.1 Å². The smallest absolute Gasteiger partial charge is 0.256 e. The van der Waals surface area contributed by atoms with E-state index < -0.39 is 5.91 Å². The molecule has 2 aromatic heterocycles. The lowest BCUT2D eigenvalue weighted by Crippen LogP contribution is -2.23. The van der Waals surface area contributed by atoms with Crippen LogP contribution in [0.3, 0.4) is 0 Å². The molecule has 1 aromatic carbocycles. The molecule has 0 fully saturated rings. The number of rotatable bonds is 5. The lowest BCUT2D eigenvalue weighted by atomic mass is 9.87. The third kappa shape index (κ3) is 4.22. The van der Waals surface area contributed by atoms with Crippen LogP contribution in [-0.2, 0) is 10.2 Å². The predicted octanol–water partition coefficient (Wildman–Crippen LogP) is 2.18. The van der Waals surface area contributed by atoms with E-state index in [4.69, 9.17) is 5.73 Å². The summed E-state index contributed by atoms with van der Waals surface area (Å²) in [6.07, 6.45) is 1.58. The van der Waals surface area contributed by atoms with Gasteiger partial charge in [0.2, 0.25) is 5.91 Å². The maximum absolute atomic E-state index is 12.6. The zero-order chi connectivity index (χ0) is 19.6. The van der Waals surface area contributed by atoms with Crippen LogP contribution in [0.5, 0.6) is 0 Å². The molecular formula is C19H22N6O2. The maximum Gasteiger partial charge on any atom is 0.256 e. The highest BCUT2D eigenvalue weighted by Gasteiger charge is 2.15. The van der Waals surface area contributed by atoms with Crippen LogP contribution in [0.25, 0.3) is 5.65 Å². The third-order valence-corrected chi connectivity index (χ3v) is 4.06. The van der Waals surface area contributed by atoms with E-state index >= 15 is 0 Å². The van der Waals surface area contributed by atoms with E-state index in [1.165, 1.54) is 4.52 Å². The topological polar surface area (TPSA) is 114 Å². The van der Waals surface area contributed by atoms with E-state index in [-0.39, 0.29) is 17.9 Å². The number of aromatic nitrogens is 3. The first-order valence-corrected chi connectivity index (χ1v) is 8.53. The lowest BCUT2D eigenvalue weighted by Gasteiger charge is -2.19. The second kappa shape index (κ2) is 7.06. The number of hydrogen-bond acceptors (Lipinski definition) is 5. The molecule has 0 saturated heterocycles. The summed E-state index contributed by atoms with van der Waals surface area (Å²) in [5.74, 6) is 0.0753. The van der Waals surface area contributed by atoms with Gasteiger partial charge in [0.25, 0.3) is 5.91 Å². The van der Waals surface area contributed by atoms with Crippen LogP contribution in [-0.4, -0.2) is 33.0 Å². The van der Waals surface area contributed by atoms with Crippen molar-refractivity contribution in [1.82, 2.24) is 14.6 Å². The monoisotopic (exact) mass is 366 g/mol. The van der Waals surface area contributed by atoms with Gasteiger partial charge in [0.1, 0.15) is 11.6 Å². The SMILES string of the molecule is CC(C)(C)c1ccc(C(=O)Nc2cc(NCC(N)=O)n3nccc3n2)cc1. The van der Waals surface area contributed by atoms with Crippen molar-refractivity contribution in [1.29, 1.82) is 0 Å². The maximum atomic E-state index is 12.6. The standard InChI is InChI=1S/C19H22N6O2/c1-19(2,3)13-6-4-12(5-7-13)18(27)24-15-10-17(21-11-14(20)26)25-16(23-15)8-9-22-25/h4-10,21H,11H2,1-3H3,(H2,20,26)(H,23,24,27). The molecule has 0 aliphatic rings. The van der Waals surface area contributed by atoms with Gasteiger partial charge < -0.3 is 16.4 Å². The molecule has 0 saturated carbocycles. The molecule has 0 atom stereocenters. The predicted molar refractivity (Wildman–Crippen MR) is 104 cm³/mol. The molecule has 0 spiro atoms. The minimum Gasteiger partial charge on any atom is -0.368 e. The number of benzene rings is 1. The molecule has 3 rings (SSSR count). The first-order chi connectivity index (χ1) is 12.7. The molecule has 2 amide bonds. The average molecular weight is 366 g/mol. The second-order valence-corrected chi connectivity index (χ2v) is 7.23. The molecule has 0 bridgehead atoms. The normalized spacial score (nSPS) is 11.4. The van der Waals surface area contributed by atoms with Gasteiger partial charge >= 0.3 is 0 Å². The van der Waals surface area contributed by atoms with Gasteiger partial charge in [-0.1, -0.05) is 32.9 Å². The molecule has 0 aliphatic carbocycles. The Labute approximate surface area is 156 Å². The van der Waals surface area contributed by atoms with Gasteiger partial charge in [-0.25, -0.2) is 4.98 Å². The number of anilines is 2. The fraction of sp³-hybridized carbons (Fsp3) is 0.263. The Morgan fingerprint density at radius 1 is 1.15 bits per heavy atom. The van der Waals surface area contributed by atoms with Crippen molar-refractivity contribution in [2.75, 3.05) is 17.2 Å². The van der Waals surface area contributed by atoms with Crippen molar-refractivity contribution in [2.45, 2.75) is 26.2 Å². The lowest BCUT2D eigenvalue weighted by molar-refractivity contribution is -0.116. The Bertz CT molecular complexity index is 986. The number of fused-ring (bicyclic) bond motifs is 1. The molecule has 3 aromatic rings. The Morgan fingerprint density at radius 3 is 2.48 bits per heavy atom. The number of nitrogens with zero attached hydrogens (tertiary/aromatic N) is 3. The quantitative estimate of drug-likeness (QED) is 0.640. The van der Waals surface area contributed by atoms with Gasteiger partial charge in [0, 0.05) is 17.7 Å². The highest BCUT2D eigenvalue weighted by atomic mass is 16.2. The van der Waals surface area contributed by atoms with Gasteiger partial charge in [0.15, 0.2) is 5.65 Å². The molecule has 8 nitrogen and oxygen atoms in total. The molecule has 27 heavy (non-hydrogen) atoms. The van der Waals surface area contributed by atoms with Crippen LogP contribution in [0.15, 0.2) is 42.6 Å². The minimum atomic E-state index is -0.503. The number of carbonyl (C=O) groups excluding carboxylic acids is 2. The Morgan fingerprint density at radius 2 is 1.85 bits per heavy atom. The number of carbonyl (C=O) groups is 2. The van der Waals surface area contributed by atoms with Crippen molar-refractivity contribution < 1.29 is 9.59 Å². The fourth-order valence-electron chi connectivity index (χ4n) is 2.59. The van der Waals surface area contributed by atoms with E-state index in [2.05, 4.69) is 41.5 Å².